The number of aromatic nitrogens is 3. The lowest BCUT2D eigenvalue weighted by atomic mass is 10.2. The minimum Gasteiger partial charge on any atom is -0.496 e. The number of halogens is 1. The number of methoxy groups -OCH3 is 1. The van der Waals surface area contributed by atoms with Crippen LogP contribution in [0.3, 0.4) is 0 Å². The number of ether oxygens (including phenoxy) is 2. The second-order valence-electron chi connectivity index (χ2n) is 5.95. The molecule has 1 heterocycles. The summed E-state index contributed by atoms with van der Waals surface area (Å²) in [6.45, 7) is 2.90. The molecule has 0 aliphatic carbocycles. The van der Waals surface area contributed by atoms with Gasteiger partial charge in [-0.25, -0.2) is 4.98 Å². The summed E-state index contributed by atoms with van der Waals surface area (Å²) in [6, 6.07) is 14.0. The number of rotatable bonds is 9. The zero-order valence-electron chi connectivity index (χ0n) is 15.4. The van der Waals surface area contributed by atoms with Crippen molar-refractivity contribution in [1.29, 1.82) is 0 Å². The highest BCUT2D eigenvalue weighted by Crippen LogP contribution is 2.29. The van der Waals surface area contributed by atoms with Gasteiger partial charge in [0, 0.05) is 11.3 Å². The topological polar surface area (TPSA) is 60.0 Å². The van der Waals surface area contributed by atoms with E-state index in [0.29, 0.717) is 0 Å². The van der Waals surface area contributed by atoms with Gasteiger partial charge in [0.15, 0.2) is 5.82 Å². The van der Waals surface area contributed by atoms with Crippen LogP contribution in [0.4, 0.5) is 0 Å². The van der Waals surface area contributed by atoms with Gasteiger partial charge in [0.2, 0.25) is 5.16 Å². The van der Waals surface area contributed by atoms with Gasteiger partial charge in [-0.3, -0.25) is 5.10 Å². The fourth-order valence-electron chi connectivity index (χ4n) is 2.43. The molecule has 3 rings (SSSR count). The number of hydrogen-bond acceptors (Lipinski definition) is 5. The Balaban J connectivity index is 1.58. The second-order valence-corrected chi connectivity index (χ2v) is 7.75. The van der Waals surface area contributed by atoms with E-state index in [1.807, 2.05) is 36.4 Å². The Kier molecular flexibility index (Phi) is 7.18. The third-order valence-electron chi connectivity index (χ3n) is 3.94. The van der Waals surface area contributed by atoms with Crippen molar-refractivity contribution in [3.8, 4) is 22.9 Å². The van der Waals surface area contributed by atoms with Crippen LogP contribution < -0.4 is 9.47 Å². The lowest BCUT2D eigenvalue weighted by Gasteiger charge is -2.05. The summed E-state index contributed by atoms with van der Waals surface area (Å²) in [6.07, 6.45) is 2.19. The molecule has 0 spiro atoms. The zero-order chi connectivity index (χ0) is 19.1. The zero-order valence-corrected chi connectivity index (χ0v) is 17.8. The van der Waals surface area contributed by atoms with E-state index in [1.165, 1.54) is 5.56 Å². The van der Waals surface area contributed by atoms with Crippen molar-refractivity contribution in [3.05, 3.63) is 52.5 Å². The van der Waals surface area contributed by atoms with Crippen LogP contribution in [0, 0.1) is 0 Å². The van der Waals surface area contributed by atoms with Gasteiger partial charge in [-0.05, 0) is 64.3 Å². The summed E-state index contributed by atoms with van der Waals surface area (Å²) >= 11 is 5.10. The first kappa shape index (κ1) is 19.8. The predicted octanol–water partition coefficient (Wildman–Crippen LogP) is 5.71. The van der Waals surface area contributed by atoms with E-state index < -0.39 is 0 Å². The average Bonchev–Trinajstić information content (AvgIpc) is 3.16. The fraction of sp³-hybridized carbons (Fsp3) is 0.300. The van der Waals surface area contributed by atoms with E-state index >= 15 is 0 Å². The van der Waals surface area contributed by atoms with Crippen LogP contribution in [-0.4, -0.2) is 28.9 Å². The SMILES string of the molecule is CCCCOc1ccc(-c2nc(SCc3ccc(OC)c(Br)c3)n[nH]2)cc1. The molecule has 3 aromatic rings. The van der Waals surface area contributed by atoms with Crippen LogP contribution in [0.1, 0.15) is 25.3 Å². The lowest BCUT2D eigenvalue weighted by Crippen LogP contribution is -1.96. The lowest BCUT2D eigenvalue weighted by molar-refractivity contribution is 0.309. The van der Waals surface area contributed by atoms with Crippen LogP contribution >= 0.6 is 27.7 Å². The van der Waals surface area contributed by atoms with Gasteiger partial charge >= 0.3 is 0 Å². The predicted molar refractivity (Wildman–Crippen MR) is 112 cm³/mol. The summed E-state index contributed by atoms with van der Waals surface area (Å²) in [5.41, 5.74) is 2.16. The molecule has 27 heavy (non-hydrogen) atoms. The number of thioether (sulfide) groups is 1. The summed E-state index contributed by atoms with van der Waals surface area (Å²) in [5, 5.41) is 8.04. The molecule has 1 aromatic heterocycles. The molecule has 0 fully saturated rings. The maximum absolute atomic E-state index is 5.69. The van der Waals surface area contributed by atoms with Crippen molar-refractivity contribution in [2.24, 2.45) is 0 Å². The Morgan fingerprint density at radius 2 is 1.96 bits per heavy atom. The molecule has 0 radical (unpaired) electrons. The van der Waals surface area contributed by atoms with Gasteiger partial charge < -0.3 is 9.47 Å². The number of hydrogen-bond donors (Lipinski definition) is 1. The smallest absolute Gasteiger partial charge is 0.209 e. The molecule has 142 valence electrons. The molecule has 0 aliphatic rings. The molecule has 5 nitrogen and oxygen atoms in total. The van der Waals surface area contributed by atoms with E-state index in [0.717, 1.165) is 57.7 Å². The van der Waals surface area contributed by atoms with Crippen molar-refractivity contribution in [2.75, 3.05) is 13.7 Å². The first-order valence-corrected chi connectivity index (χ1v) is 10.6. The Bertz CT molecular complexity index is 868. The Labute approximate surface area is 172 Å². The normalized spacial score (nSPS) is 10.8. The molecule has 0 saturated heterocycles. The van der Waals surface area contributed by atoms with Crippen LogP contribution in [0.5, 0.6) is 11.5 Å². The Morgan fingerprint density at radius 1 is 1.15 bits per heavy atom. The summed E-state index contributed by atoms with van der Waals surface area (Å²) < 4.78 is 11.9. The van der Waals surface area contributed by atoms with Gasteiger partial charge in [0.05, 0.1) is 18.2 Å². The van der Waals surface area contributed by atoms with Gasteiger partial charge in [0.25, 0.3) is 0 Å². The third kappa shape index (κ3) is 5.49. The first-order valence-electron chi connectivity index (χ1n) is 8.80. The highest BCUT2D eigenvalue weighted by Gasteiger charge is 2.08. The number of nitrogens with zero attached hydrogens (tertiary/aromatic N) is 2. The van der Waals surface area contributed by atoms with Crippen LogP contribution in [-0.2, 0) is 5.75 Å². The number of unbranched alkanes of at least 4 members (excludes halogenated alkanes) is 1. The van der Waals surface area contributed by atoms with E-state index in [1.54, 1.807) is 18.9 Å². The molecule has 0 aliphatic heterocycles. The minimum absolute atomic E-state index is 0.722. The van der Waals surface area contributed by atoms with Gasteiger partial charge in [-0.1, -0.05) is 31.2 Å². The molecule has 0 unspecified atom stereocenters. The maximum Gasteiger partial charge on any atom is 0.209 e. The second kappa shape index (κ2) is 9.80. The monoisotopic (exact) mass is 447 g/mol. The highest BCUT2D eigenvalue weighted by molar-refractivity contribution is 9.10. The number of H-pyrrole nitrogens is 1. The highest BCUT2D eigenvalue weighted by atomic mass is 79.9. The summed E-state index contributed by atoms with van der Waals surface area (Å²) in [7, 11) is 1.66. The molecule has 1 N–H and O–H groups in total. The van der Waals surface area contributed by atoms with Gasteiger partial charge in [-0.15, -0.1) is 5.10 Å². The van der Waals surface area contributed by atoms with E-state index in [2.05, 4.69) is 44.1 Å². The fourth-order valence-corrected chi connectivity index (χ4v) is 3.76. The Hall–Kier alpha value is -1.99. The quantitative estimate of drug-likeness (QED) is 0.336. The Morgan fingerprint density at radius 3 is 2.67 bits per heavy atom. The van der Waals surface area contributed by atoms with Crippen molar-refractivity contribution >= 4 is 27.7 Å². The van der Waals surface area contributed by atoms with Gasteiger partial charge in [0.1, 0.15) is 11.5 Å². The van der Waals surface area contributed by atoms with Crippen molar-refractivity contribution in [2.45, 2.75) is 30.7 Å². The molecule has 2 aromatic carbocycles. The minimum atomic E-state index is 0.722. The largest absolute Gasteiger partial charge is 0.496 e. The number of benzene rings is 2. The summed E-state index contributed by atoms with van der Waals surface area (Å²) in [5.74, 6) is 3.25. The molecule has 0 bridgehead atoms. The molecule has 0 amide bonds. The van der Waals surface area contributed by atoms with Crippen LogP contribution in [0.2, 0.25) is 0 Å². The molecule has 7 heteroatoms. The third-order valence-corrected chi connectivity index (χ3v) is 5.48. The van der Waals surface area contributed by atoms with Crippen LogP contribution in [0.15, 0.2) is 52.1 Å². The van der Waals surface area contributed by atoms with E-state index in [-0.39, 0.29) is 0 Å². The van der Waals surface area contributed by atoms with E-state index in [9.17, 15) is 0 Å². The van der Waals surface area contributed by atoms with Gasteiger partial charge in [-0.2, -0.15) is 0 Å². The average molecular weight is 448 g/mol. The van der Waals surface area contributed by atoms with Crippen LogP contribution in [0.25, 0.3) is 11.4 Å². The van der Waals surface area contributed by atoms with Crippen molar-refractivity contribution in [1.82, 2.24) is 15.2 Å². The first-order chi connectivity index (χ1) is 13.2. The van der Waals surface area contributed by atoms with E-state index in [4.69, 9.17) is 9.47 Å². The number of nitrogens with one attached hydrogen (secondary N) is 1. The maximum atomic E-state index is 5.69. The number of aromatic amines is 1. The molecular weight excluding hydrogens is 426 g/mol. The molecular formula is C20H22BrN3O2S. The molecule has 0 saturated carbocycles. The van der Waals surface area contributed by atoms with Crippen molar-refractivity contribution in [3.63, 3.8) is 0 Å². The molecule has 0 atom stereocenters. The standard InChI is InChI=1S/C20H22BrN3O2S/c1-3-4-11-26-16-8-6-15(7-9-16)19-22-20(24-23-19)27-13-14-5-10-18(25-2)17(21)12-14/h5-10,12H,3-4,11,13H2,1-2H3,(H,22,23,24). The van der Waals surface area contributed by atoms with Crippen molar-refractivity contribution < 1.29 is 9.47 Å². The summed E-state index contributed by atoms with van der Waals surface area (Å²) in [4.78, 5) is 4.58.